The first-order chi connectivity index (χ1) is 12.5. The van der Waals surface area contributed by atoms with Crippen molar-refractivity contribution >= 4 is 28.9 Å². The van der Waals surface area contributed by atoms with E-state index in [4.69, 9.17) is 4.74 Å². The summed E-state index contributed by atoms with van der Waals surface area (Å²) in [6.07, 6.45) is 1.43. The number of ether oxygens (including phenoxy) is 1. The van der Waals surface area contributed by atoms with Gasteiger partial charge in [-0.1, -0.05) is 0 Å². The van der Waals surface area contributed by atoms with E-state index in [2.05, 4.69) is 5.32 Å². The van der Waals surface area contributed by atoms with Gasteiger partial charge >= 0.3 is 0 Å². The molecule has 0 spiro atoms. The molecule has 1 heterocycles. The third kappa shape index (κ3) is 4.15. The number of nitro benzene ring substituents is 1. The monoisotopic (exact) mass is 355 g/mol. The number of carbonyl (C=O) groups excluding carboxylic acids is 2. The lowest BCUT2D eigenvalue weighted by atomic mass is 10.2. The molecular weight excluding hydrogens is 338 g/mol. The van der Waals surface area contributed by atoms with Crippen molar-refractivity contribution in [3.8, 4) is 5.75 Å². The van der Waals surface area contributed by atoms with Gasteiger partial charge in [-0.2, -0.15) is 0 Å². The topological polar surface area (TPSA) is 102 Å². The number of rotatable bonds is 6. The normalized spacial score (nSPS) is 13.5. The van der Waals surface area contributed by atoms with Crippen LogP contribution < -0.4 is 15.0 Å². The first kappa shape index (κ1) is 17.4. The smallest absolute Gasteiger partial charge is 0.269 e. The van der Waals surface area contributed by atoms with Crippen LogP contribution >= 0.6 is 0 Å². The second-order valence-corrected chi connectivity index (χ2v) is 5.78. The zero-order chi connectivity index (χ0) is 18.5. The fourth-order valence-corrected chi connectivity index (χ4v) is 2.66. The number of anilines is 2. The first-order valence-electron chi connectivity index (χ1n) is 8.10. The number of nitro groups is 1. The fourth-order valence-electron chi connectivity index (χ4n) is 2.66. The Morgan fingerprint density at radius 1 is 1.15 bits per heavy atom. The van der Waals surface area contributed by atoms with Crippen LogP contribution in [-0.2, 0) is 9.59 Å². The van der Waals surface area contributed by atoms with Crippen molar-refractivity contribution in [2.75, 3.05) is 23.4 Å². The van der Waals surface area contributed by atoms with Crippen LogP contribution in [0.4, 0.5) is 17.1 Å². The molecule has 0 atom stereocenters. The molecule has 0 radical (unpaired) electrons. The molecule has 1 N–H and O–H groups in total. The van der Waals surface area contributed by atoms with Gasteiger partial charge in [-0.05, 0) is 42.8 Å². The number of non-ortho nitro benzene ring substituents is 1. The Balaban J connectivity index is 1.51. The minimum absolute atomic E-state index is 0.0432. The number of nitrogens with one attached hydrogen (secondary N) is 1. The van der Waals surface area contributed by atoms with Crippen LogP contribution in [0.15, 0.2) is 48.5 Å². The van der Waals surface area contributed by atoms with E-state index >= 15 is 0 Å². The van der Waals surface area contributed by atoms with Gasteiger partial charge in [-0.25, -0.2) is 0 Å². The van der Waals surface area contributed by atoms with Crippen molar-refractivity contribution in [2.24, 2.45) is 0 Å². The number of hydrogen-bond acceptors (Lipinski definition) is 5. The maximum absolute atomic E-state index is 11.9. The first-order valence-corrected chi connectivity index (χ1v) is 8.10. The van der Waals surface area contributed by atoms with Crippen LogP contribution in [0.5, 0.6) is 5.75 Å². The van der Waals surface area contributed by atoms with Crippen molar-refractivity contribution in [1.29, 1.82) is 0 Å². The van der Waals surface area contributed by atoms with Crippen LogP contribution in [0.3, 0.4) is 0 Å². The quantitative estimate of drug-likeness (QED) is 0.634. The standard InChI is InChI=1S/C18H17N3O5/c22-17(12-26-16-9-7-15(8-10-16)21(24)25)19-13-3-5-14(6-4-13)20-11-1-2-18(20)23/h3-10H,1-2,11-12H2,(H,19,22). The highest BCUT2D eigenvalue weighted by Gasteiger charge is 2.21. The zero-order valence-corrected chi connectivity index (χ0v) is 13.9. The summed E-state index contributed by atoms with van der Waals surface area (Å²) in [5.41, 5.74) is 1.36. The van der Waals surface area contributed by atoms with Crippen molar-refractivity contribution in [3.05, 3.63) is 58.6 Å². The lowest BCUT2D eigenvalue weighted by Crippen LogP contribution is -2.23. The highest BCUT2D eigenvalue weighted by Crippen LogP contribution is 2.23. The molecule has 2 aromatic carbocycles. The Kier molecular flexibility index (Phi) is 5.12. The van der Waals surface area contributed by atoms with Crippen LogP contribution in [0.2, 0.25) is 0 Å². The molecule has 0 unspecified atom stereocenters. The molecule has 0 aliphatic carbocycles. The minimum Gasteiger partial charge on any atom is -0.484 e. The van der Waals surface area contributed by atoms with Crippen LogP contribution in [0, 0.1) is 10.1 Å². The highest BCUT2D eigenvalue weighted by atomic mass is 16.6. The van der Waals surface area contributed by atoms with Crippen molar-refractivity contribution < 1.29 is 19.2 Å². The third-order valence-electron chi connectivity index (χ3n) is 3.95. The maximum Gasteiger partial charge on any atom is 0.269 e. The summed E-state index contributed by atoms with van der Waals surface area (Å²) in [6.45, 7) is 0.498. The molecule has 1 fully saturated rings. The average Bonchev–Trinajstić information content (AvgIpc) is 3.07. The summed E-state index contributed by atoms with van der Waals surface area (Å²) in [6, 6.07) is 12.5. The summed E-state index contributed by atoms with van der Waals surface area (Å²) in [5.74, 6) is 0.125. The van der Waals surface area contributed by atoms with Gasteiger partial charge in [-0.3, -0.25) is 19.7 Å². The summed E-state index contributed by atoms with van der Waals surface area (Å²) >= 11 is 0. The average molecular weight is 355 g/mol. The summed E-state index contributed by atoms with van der Waals surface area (Å²) in [4.78, 5) is 35.5. The second kappa shape index (κ2) is 7.64. The summed E-state index contributed by atoms with van der Waals surface area (Å²) in [5, 5.41) is 13.3. The van der Waals surface area contributed by atoms with Gasteiger partial charge in [-0.15, -0.1) is 0 Å². The van der Waals surface area contributed by atoms with Gasteiger partial charge in [0.05, 0.1) is 4.92 Å². The Labute approximate surface area is 149 Å². The predicted molar refractivity (Wildman–Crippen MR) is 95.3 cm³/mol. The van der Waals surface area contributed by atoms with Gasteiger partial charge in [0, 0.05) is 36.5 Å². The van der Waals surface area contributed by atoms with Crippen molar-refractivity contribution in [1.82, 2.24) is 0 Å². The minimum atomic E-state index is -0.504. The van der Waals surface area contributed by atoms with Gasteiger partial charge in [0.2, 0.25) is 5.91 Å². The molecule has 3 rings (SSSR count). The van der Waals surface area contributed by atoms with Gasteiger partial charge < -0.3 is 15.0 Å². The van der Waals surface area contributed by atoms with Crippen LogP contribution in [0.25, 0.3) is 0 Å². The molecule has 134 valence electrons. The maximum atomic E-state index is 11.9. The molecule has 0 bridgehead atoms. The number of amides is 2. The van der Waals surface area contributed by atoms with Crippen molar-refractivity contribution in [3.63, 3.8) is 0 Å². The summed E-state index contributed by atoms with van der Waals surface area (Å²) < 4.78 is 5.31. The van der Waals surface area contributed by atoms with Crippen LogP contribution in [-0.4, -0.2) is 29.9 Å². The van der Waals surface area contributed by atoms with Crippen molar-refractivity contribution in [2.45, 2.75) is 12.8 Å². The molecule has 2 amide bonds. The van der Waals surface area contributed by atoms with E-state index < -0.39 is 4.92 Å². The Morgan fingerprint density at radius 3 is 2.42 bits per heavy atom. The lowest BCUT2D eigenvalue weighted by Gasteiger charge is -2.16. The summed E-state index contributed by atoms with van der Waals surface area (Å²) in [7, 11) is 0. The molecule has 8 nitrogen and oxygen atoms in total. The van der Waals surface area contributed by atoms with Crippen LogP contribution in [0.1, 0.15) is 12.8 Å². The molecular formula is C18H17N3O5. The molecule has 2 aromatic rings. The molecule has 8 heteroatoms. The molecule has 1 aliphatic heterocycles. The molecule has 1 aliphatic rings. The van der Waals surface area contributed by atoms with E-state index in [0.717, 1.165) is 12.1 Å². The van der Waals surface area contributed by atoms with E-state index in [1.807, 2.05) is 0 Å². The third-order valence-corrected chi connectivity index (χ3v) is 3.95. The Morgan fingerprint density at radius 2 is 1.85 bits per heavy atom. The van der Waals surface area contributed by atoms with E-state index in [1.165, 1.54) is 24.3 Å². The highest BCUT2D eigenvalue weighted by molar-refractivity contribution is 5.96. The molecule has 1 saturated heterocycles. The number of nitrogens with zero attached hydrogens (tertiary/aromatic N) is 2. The van der Waals surface area contributed by atoms with E-state index in [-0.39, 0.29) is 24.1 Å². The molecule has 26 heavy (non-hydrogen) atoms. The largest absolute Gasteiger partial charge is 0.484 e. The Bertz CT molecular complexity index is 818. The zero-order valence-electron chi connectivity index (χ0n) is 13.9. The van der Waals surface area contributed by atoms with E-state index in [0.29, 0.717) is 24.4 Å². The number of benzene rings is 2. The Hall–Kier alpha value is -3.42. The van der Waals surface area contributed by atoms with E-state index in [9.17, 15) is 19.7 Å². The molecule has 0 saturated carbocycles. The van der Waals surface area contributed by atoms with Gasteiger partial charge in [0.25, 0.3) is 11.6 Å². The van der Waals surface area contributed by atoms with E-state index in [1.54, 1.807) is 29.2 Å². The molecule has 0 aromatic heterocycles. The SMILES string of the molecule is O=C(COc1ccc([N+](=O)[O-])cc1)Nc1ccc(N2CCCC2=O)cc1. The predicted octanol–water partition coefficient (Wildman–Crippen LogP) is 2.74. The lowest BCUT2D eigenvalue weighted by molar-refractivity contribution is -0.384. The fraction of sp³-hybridized carbons (Fsp3) is 0.222. The second-order valence-electron chi connectivity index (χ2n) is 5.78. The van der Waals surface area contributed by atoms with Gasteiger partial charge in [0.15, 0.2) is 6.61 Å². The number of carbonyl (C=O) groups is 2. The van der Waals surface area contributed by atoms with Gasteiger partial charge in [0.1, 0.15) is 5.75 Å². The number of hydrogen-bond donors (Lipinski definition) is 1.